The van der Waals surface area contributed by atoms with E-state index in [1.165, 1.54) is 0 Å². The van der Waals surface area contributed by atoms with Crippen molar-refractivity contribution in [3.8, 4) is 6.07 Å². The molecule has 0 aliphatic carbocycles. The maximum Gasteiger partial charge on any atom is 0.148 e. The first kappa shape index (κ1) is 15.9. The molecule has 0 amide bonds. The van der Waals surface area contributed by atoms with Gasteiger partial charge in [-0.1, -0.05) is 12.1 Å². The number of fused-ring (bicyclic) bond motifs is 1. The van der Waals surface area contributed by atoms with Gasteiger partial charge >= 0.3 is 0 Å². The molecule has 0 fully saturated rings. The zero-order valence-electron chi connectivity index (χ0n) is 14.3. The summed E-state index contributed by atoms with van der Waals surface area (Å²) >= 11 is 0. The first-order valence-electron chi connectivity index (χ1n) is 8.38. The van der Waals surface area contributed by atoms with Gasteiger partial charge in [0, 0.05) is 12.2 Å². The fourth-order valence-corrected chi connectivity index (χ4v) is 3.34. The normalized spacial score (nSPS) is 14.3. The van der Waals surface area contributed by atoms with Crippen LogP contribution < -0.4 is 4.90 Å². The summed E-state index contributed by atoms with van der Waals surface area (Å²) in [5.41, 5.74) is 3.59. The van der Waals surface area contributed by atoms with Crippen molar-refractivity contribution in [2.24, 2.45) is 0 Å². The monoisotopic (exact) mass is 343 g/mol. The molecule has 6 heteroatoms. The Balaban J connectivity index is 1.77. The van der Waals surface area contributed by atoms with Gasteiger partial charge in [-0.3, -0.25) is 5.41 Å². The van der Waals surface area contributed by atoms with Crippen LogP contribution in [0.3, 0.4) is 0 Å². The summed E-state index contributed by atoms with van der Waals surface area (Å²) in [7, 11) is 0. The summed E-state index contributed by atoms with van der Waals surface area (Å²) < 4.78 is 2.01. The average molecular weight is 343 g/mol. The van der Waals surface area contributed by atoms with Crippen LogP contribution in [0.1, 0.15) is 18.3 Å². The fourth-order valence-electron chi connectivity index (χ4n) is 3.34. The maximum atomic E-state index is 10.6. The van der Waals surface area contributed by atoms with Gasteiger partial charge in [-0.05, 0) is 43.3 Å². The highest BCUT2D eigenvalue weighted by molar-refractivity contribution is 6.30. The molecule has 1 aromatic heterocycles. The van der Waals surface area contributed by atoms with Crippen LogP contribution >= 0.6 is 0 Å². The molecule has 26 heavy (non-hydrogen) atoms. The second kappa shape index (κ2) is 6.05. The molecule has 2 heterocycles. The molecule has 0 bridgehead atoms. The van der Waals surface area contributed by atoms with Crippen molar-refractivity contribution < 1.29 is 5.11 Å². The van der Waals surface area contributed by atoms with Crippen LogP contribution in [0.4, 0.5) is 5.69 Å². The van der Waals surface area contributed by atoms with Gasteiger partial charge in [0.2, 0.25) is 0 Å². The molecule has 0 spiro atoms. The highest BCUT2D eigenvalue weighted by atomic mass is 16.3. The Bertz CT molecular complexity index is 1090. The van der Waals surface area contributed by atoms with Crippen LogP contribution in [-0.4, -0.2) is 27.0 Å². The van der Waals surface area contributed by atoms with E-state index in [2.05, 4.69) is 11.1 Å². The Morgan fingerprint density at radius 2 is 1.92 bits per heavy atom. The number of imidazole rings is 1. The van der Waals surface area contributed by atoms with Gasteiger partial charge in [-0.15, -0.1) is 0 Å². The second-order valence-electron chi connectivity index (χ2n) is 6.08. The number of anilines is 1. The minimum Gasteiger partial charge on any atom is -0.509 e. The zero-order valence-corrected chi connectivity index (χ0v) is 14.3. The van der Waals surface area contributed by atoms with E-state index in [4.69, 9.17) is 10.7 Å². The maximum absolute atomic E-state index is 10.6. The lowest BCUT2D eigenvalue weighted by molar-refractivity contribution is 0.411. The van der Waals surface area contributed by atoms with E-state index in [9.17, 15) is 5.11 Å². The Labute approximate surface area is 150 Å². The predicted molar refractivity (Wildman–Crippen MR) is 101 cm³/mol. The van der Waals surface area contributed by atoms with Crippen molar-refractivity contribution in [1.82, 2.24) is 9.55 Å². The molecule has 0 radical (unpaired) electrons. The SMILES string of the molecule is CCn1c(C2=C(O)CN(c3ccc(C#N)cc3)C2=N)nc2ccccc21. The second-order valence-corrected chi connectivity index (χ2v) is 6.08. The summed E-state index contributed by atoms with van der Waals surface area (Å²) in [5, 5.41) is 28.1. The molecule has 128 valence electrons. The lowest BCUT2D eigenvalue weighted by Gasteiger charge is -2.19. The summed E-state index contributed by atoms with van der Waals surface area (Å²) in [6, 6.07) is 16.9. The highest BCUT2D eigenvalue weighted by Gasteiger charge is 2.32. The van der Waals surface area contributed by atoms with Gasteiger partial charge in [-0.25, -0.2) is 4.98 Å². The van der Waals surface area contributed by atoms with E-state index >= 15 is 0 Å². The van der Waals surface area contributed by atoms with Crippen molar-refractivity contribution in [3.63, 3.8) is 0 Å². The smallest absolute Gasteiger partial charge is 0.148 e. The first-order valence-corrected chi connectivity index (χ1v) is 8.38. The number of nitrogens with zero attached hydrogens (tertiary/aromatic N) is 4. The van der Waals surface area contributed by atoms with Gasteiger partial charge in [0.05, 0.1) is 34.8 Å². The summed E-state index contributed by atoms with van der Waals surface area (Å²) in [5.74, 6) is 0.939. The predicted octanol–water partition coefficient (Wildman–Crippen LogP) is 3.69. The van der Waals surface area contributed by atoms with E-state index in [1.807, 2.05) is 35.8 Å². The van der Waals surface area contributed by atoms with Crippen LogP contribution in [0.2, 0.25) is 0 Å². The van der Waals surface area contributed by atoms with Gasteiger partial charge in [-0.2, -0.15) is 5.26 Å². The number of aryl methyl sites for hydroxylation is 1. The van der Waals surface area contributed by atoms with Crippen molar-refractivity contribution in [2.75, 3.05) is 11.4 Å². The molecule has 0 saturated carbocycles. The molecule has 6 nitrogen and oxygen atoms in total. The topological polar surface area (TPSA) is 88.9 Å². The van der Waals surface area contributed by atoms with E-state index < -0.39 is 0 Å². The summed E-state index contributed by atoms with van der Waals surface area (Å²) in [6.07, 6.45) is 0. The van der Waals surface area contributed by atoms with Crippen LogP contribution in [0.5, 0.6) is 0 Å². The Morgan fingerprint density at radius 3 is 2.62 bits per heavy atom. The van der Waals surface area contributed by atoms with Crippen molar-refractivity contribution in [2.45, 2.75) is 13.5 Å². The first-order chi connectivity index (χ1) is 12.6. The van der Waals surface area contributed by atoms with E-state index in [1.54, 1.807) is 29.2 Å². The quantitative estimate of drug-likeness (QED) is 0.759. The van der Waals surface area contributed by atoms with Crippen LogP contribution in [-0.2, 0) is 6.54 Å². The van der Waals surface area contributed by atoms with Crippen LogP contribution in [0.15, 0.2) is 54.3 Å². The number of nitriles is 1. The fraction of sp³-hybridized carbons (Fsp3) is 0.150. The number of aromatic nitrogens is 2. The third kappa shape index (κ3) is 2.33. The minimum atomic E-state index is 0.129. The number of benzene rings is 2. The third-order valence-electron chi connectivity index (χ3n) is 4.61. The number of para-hydroxylation sites is 2. The summed E-state index contributed by atoms with van der Waals surface area (Å²) in [4.78, 5) is 6.37. The van der Waals surface area contributed by atoms with Gasteiger partial charge in [0.1, 0.15) is 17.4 Å². The summed E-state index contributed by atoms with van der Waals surface area (Å²) in [6.45, 7) is 2.93. The van der Waals surface area contributed by atoms with Gasteiger partial charge in [0.15, 0.2) is 0 Å². The lowest BCUT2D eigenvalue weighted by atomic mass is 10.2. The standard InChI is InChI=1S/C20H17N5O/c1-2-24-16-6-4-3-5-15(16)23-20(24)18-17(26)12-25(19(18)22)14-9-7-13(11-21)8-10-14/h3-10,22,26H,2,12H2,1H3. The number of aliphatic hydroxyl groups excluding tert-OH is 1. The molecule has 0 atom stereocenters. The zero-order chi connectivity index (χ0) is 18.3. The van der Waals surface area contributed by atoms with E-state index in [0.29, 0.717) is 23.5 Å². The average Bonchev–Trinajstić information content (AvgIpc) is 3.18. The number of hydrogen-bond donors (Lipinski definition) is 2. The molecule has 0 saturated heterocycles. The van der Waals surface area contributed by atoms with Crippen molar-refractivity contribution in [3.05, 3.63) is 65.7 Å². The molecule has 2 N–H and O–H groups in total. The van der Waals surface area contributed by atoms with Gasteiger partial charge < -0.3 is 14.6 Å². The highest BCUT2D eigenvalue weighted by Crippen LogP contribution is 2.32. The molecule has 0 unspecified atom stereocenters. The Kier molecular flexibility index (Phi) is 3.70. The van der Waals surface area contributed by atoms with Crippen LogP contribution in [0, 0.1) is 16.7 Å². The van der Waals surface area contributed by atoms with E-state index in [0.717, 1.165) is 16.7 Å². The van der Waals surface area contributed by atoms with Crippen molar-refractivity contribution in [1.29, 1.82) is 10.7 Å². The molecule has 2 aromatic carbocycles. The third-order valence-corrected chi connectivity index (χ3v) is 4.61. The molecule has 4 rings (SSSR count). The molecule has 1 aliphatic heterocycles. The molecular weight excluding hydrogens is 326 g/mol. The van der Waals surface area contributed by atoms with Crippen LogP contribution in [0.25, 0.3) is 16.6 Å². The Morgan fingerprint density at radius 1 is 1.19 bits per heavy atom. The molecule has 1 aliphatic rings. The van der Waals surface area contributed by atoms with Gasteiger partial charge in [0.25, 0.3) is 0 Å². The lowest BCUT2D eigenvalue weighted by Crippen LogP contribution is -2.26. The number of hydrogen-bond acceptors (Lipinski definition) is 4. The van der Waals surface area contributed by atoms with E-state index in [-0.39, 0.29) is 18.1 Å². The number of aliphatic hydroxyl groups is 1. The largest absolute Gasteiger partial charge is 0.509 e. The number of rotatable bonds is 3. The van der Waals surface area contributed by atoms with Crippen molar-refractivity contribution >= 4 is 28.1 Å². The Hall–Kier alpha value is -3.59. The number of nitrogens with one attached hydrogen (secondary N) is 1. The number of amidine groups is 1. The minimum absolute atomic E-state index is 0.129. The molecule has 3 aromatic rings. The molecular formula is C20H17N5O.